The summed E-state index contributed by atoms with van der Waals surface area (Å²) in [6, 6.07) is 10.4. The summed E-state index contributed by atoms with van der Waals surface area (Å²) in [5, 5.41) is 0. The van der Waals surface area contributed by atoms with Gasteiger partial charge in [0.25, 0.3) is 5.91 Å². The number of likely N-dealkylation sites (N-methyl/N-ethyl adjacent to an activating group) is 1. The molecule has 0 radical (unpaired) electrons. The fourth-order valence-electron chi connectivity index (χ4n) is 3.23. The first-order chi connectivity index (χ1) is 13.5. The smallest absolute Gasteiger partial charge is 0.254 e. The predicted molar refractivity (Wildman–Crippen MR) is 108 cm³/mol. The molecule has 1 aliphatic heterocycles. The number of amides is 1. The average molecular weight is 385 g/mol. The number of carbonyl (C=O) groups excluding carboxylic acids is 1. The van der Waals surface area contributed by atoms with E-state index >= 15 is 0 Å². The maximum atomic E-state index is 12.8. The van der Waals surface area contributed by atoms with Gasteiger partial charge in [0, 0.05) is 37.8 Å². The summed E-state index contributed by atoms with van der Waals surface area (Å²) >= 11 is 0. The normalized spacial score (nSPS) is 14.6. The molecule has 1 heterocycles. The molecule has 2 aromatic carbocycles. The molecule has 28 heavy (non-hydrogen) atoms. The van der Waals surface area contributed by atoms with Crippen molar-refractivity contribution in [2.75, 3.05) is 52.7 Å². The summed E-state index contributed by atoms with van der Waals surface area (Å²) in [6.07, 6.45) is 0. The number of piperazine rings is 1. The van der Waals surface area contributed by atoms with E-state index in [0.717, 1.165) is 32.7 Å². The second-order valence-corrected chi connectivity index (χ2v) is 6.60. The number of nitrogen functional groups attached to an aromatic ring is 1. The van der Waals surface area contributed by atoms with Crippen molar-refractivity contribution in [3.05, 3.63) is 42.0 Å². The van der Waals surface area contributed by atoms with Gasteiger partial charge in [0.05, 0.1) is 19.9 Å². The Bertz CT molecular complexity index is 832. The zero-order valence-electron chi connectivity index (χ0n) is 16.6. The van der Waals surface area contributed by atoms with E-state index in [4.69, 9.17) is 19.9 Å². The molecule has 0 aliphatic carbocycles. The van der Waals surface area contributed by atoms with E-state index in [1.165, 1.54) is 0 Å². The Balaban J connectivity index is 1.71. The minimum absolute atomic E-state index is 0.000111. The van der Waals surface area contributed by atoms with Crippen LogP contribution in [0.15, 0.2) is 36.4 Å². The highest BCUT2D eigenvalue weighted by atomic mass is 16.5. The lowest BCUT2D eigenvalue weighted by Crippen LogP contribution is -2.48. The van der Waals surface area contributed by atoms with E-state index in [1.54, 1.807) is 50.6 Å². The zero-order valence-corrected chi connectivity index (χ0v) is 16.6. The highest BCUT2D eigenvalue weighted by Crippen LogP contribution is 2.35. The first-order valence-corrected chi connectivity index (χ1v) is 9.36. The Labute approximate surface area is 165 Å². The van der Waals surface area contributed by atoms with Crippen molar-refractivity contribution in [3.63, 3.8) is 0 Å². The highest BCUT2D eigenvalue weighted by molar-refractivity contribution is 5.95. The summed E-state index contributed by atoms with van der Waals surface area (Å²) in [6.45, 7) is 6.41. The van der Waals surface area contributed by atoms with Crippen LogP contribution in [0.1, 0.15) is 17.3 Å². The molecule has 0 unspecified atom stereocenters. The SMILES string of the molecule is CCN1CCN(C(=O)c2ccc(Oc3ccc(OC)c(OC)c3)c(N)c2)CC1. The minimum Gasteiger partial charge on any atom is -0.493 e. The van der Waals surface area contributed by atoms with Crippen molar-refractivity contribution < 1.29 is 19.0 Å². The van der Waals surface area contributed by atoms with Gasteiger partial charge >= 0.3 is 0 Å². The number of nitrogens with zero attached hydrogens (tertiary/aromatic N) is 2. The largest absolute Gasteiger partial charge is 0.493 e. The van der Waals surface area contributed by atoms with Crippen LogP contribution in [-0.4, -0.2) is 62.7 Å². The number of methoxy groups -OCH3 is 2. The molecule has 0 atom stereocenters. The Kier molecular flexibility index (Phi) is 6.26. The maximum Gasteiger partial charge on any atom is 0.254 e. The van der Waals surface area contributed by atoms with Gasteiger partial charge in [-0.15, -0.1) is 0 Å². The van der Waals surface area contributed by atoms with Crippen LogP contribution in [0.2, 0.25) is 0 Å². The Morgan fingerprint density at radius 2 is 1.64 bits per heavy atom. The highest BCUT2D eigenvalue weighted by Gasteiger charge is 2.22. The molecule has 1 saturated heterocycles. The van der Waals surface area contributed by atoms with Crippen molar-refractivity contribution in [1.82, 2.24) is 9.80 Å². The van der Waals surface area contributed by atoms with E-state index in [0.29, 0.717) is 34.2 Å². The monoisotopic (exact) mass is 385 g/mol. The topological polar surface area (TPSA) is 77.3 Å². The van der Waals surface area contributed by atoms with Crippen molar-refractivity contribution in [2.24, 2.45) is 0 Å². The predicted octanol–water partition coefficient (Wildman–Crippen LogP) is 2.86. The molecule has 3 rings (SSSR count). The summed E-state index contributed by atoms with van der Waals surface area (Å²) < 4.78 is 16.4. The lowest BCUT2D eigenvalue weighted by atomic mass is 10.1. The van der Waals surface area contributed by atoms with Gasteiger partial charge in [0.15, 0.2) is 11.5 Å². The fourth-order valence-corrected chi connectivity index (χ4v) is 3.23. The van der Waals surface area contributed by atoms with Crippen molar-refractivity contribution in [2.45, 2.75) is 6.92 Å². The second kappa shape index (κ2) is 8.84. The summed E-state index contributed by atoms with van der Waals surface area (Å²) in [5.74, 6) is 2.24. The van der Waals surface area contributed by atoms with Gasteiger partial charge < -0.3 is 29.7 Å². The van der Waals surface area contributed by atoms with E-state index in [-0.39, 0.29) is 5.91 Å². The number of nitrogens with two attached hydrogens (primary N) is 1. The van der Waals surface area contributed by atoms with Gasteiger partial charge in [-0.3, -0.25) is 4.79 Å². The molecule has 2 aromatic rings. The number of ether oxygens (including phenoxy) is 3. The molecule has 1 fully saturated rings. The van der Waals surface area contributed by atoms with Crippen LogP contribution >= 0.6 is 0 Å². The van der Waals surface area contributed by atoms with Crippen molar-refractivity contribution >= 4 is 11.6 Å². The number of anilines is 1. The molecule has 7 heteroatoms. The van der Waals surface area contributed by atoms with Crippen LogP contribution in [0.25, 0.3) is 0 Å². The first-order valence-electron chi connectivity index (χ1n) is 9.36. The quantitative estimate of drug-likeness (QED) is 0.771. The molecule has 0 spiro atoms. The fraction of sp³-hybridized carbons (Fsp3) is 0.381. The van der Waals surface area contributed by atoms with E-state index in [1.807, 2.05) is 4.90 Å². The number of benzene rings is 2. The van der Waals surface area contributed by atoms with E-state index in [2.05, 4.69) is 11.8 Å². The van der Waals surface area contributed by atoms with Crippen LogP contribution in [0.3, 0.4) is 0 Å². The van der Waals surface area contributed by atoms with Crippen LogP contribution < -0.4 is 19.9 Å². The molecule has 0 bridgehead atoms. The summed E-state index contributed by atoms with van der Waals surface area (Å²) in [4.78, 5) is 17.0. The lowest BCUT2D eigenvalue weighted by Gasteiger charge is -2.34. The van der Waals surface area contributed by atoms with Gasteiger partial charge in [-0.1, -0.05) is 6.92 Å². The Morgan fingerprint density at radius 3 is 2.25 bits per heavy atom. The van der Waals surface area contributed by atoms with Gasteiger partial charge in [0.2, 0.25) is 0 Å². The second-order valence-electron chi connectivity index (χ2n) is 6.60. The third-order valence-electron chi connectivity index (χ3n) is 4.95. The molecule has 7 nitrogen and oxygen atoms in total. The van der Waals surface area contributed by atoms with E-state index in [9.17, 15) is 4.79 Å². The van der Waals surface area contributed by atoms with Crippen molar-refractivity contribution in [3.8, 4) is 23.0 Å². The van der Waals surface area contributed by atoms with E-state index < -0.39 is 0 Å². The van der Waals surface area contributed by atoms with Gasteiger partial charge in [0.1, 0.15) is 11.5 Å². The van der Waals surface area contributed by atoms with Crippen molar-refractivity contribution in [1.29, 1.82) is 0 Å². The number of rotatable bonds is 6. The molecule has 1 amide bonds. The lowest BCUT2D eigenvalue weighted by molar-refractivity contribution is 0.0643. The van der Waals surface area contributed by atoms with Gasteiger partial charge in [-0.25, -0.2) is 0 Å². The average Bonchev–Trinajstić information content (AvgIpc) is 2.74. The maximum absolute atomic E-state index is 12.8. The molecule has 0 aromatic heterocycles. The van der Waals surface area contributed by atoms with Crippen LogP contribution in [-0.2, 0) is 0 Å². The molecule has 150 valence electrons. The number of hydrogen-bond donors (Lipinski definition) is 1. The Morgan fingerprint density at radius 1 is 0.964 bits per heavy atom. The molecule has 1 aliphatic rings. The number of hydrogen-bond acceptors (Lipinski definition) is 6. The number of carbonyl (C=O) groups is 1. The standard InChI is InChI=1S/C21H27N3O4/c1-4-23-9-11-24(12-10-23)21(25)15-5-7-18(17(22)13-15)28-16-6-8-19(26-2)20(14-16)27-3/h5-8,13-14H,4,9-12,22H2,1-3H3. The third-order valence-corrected chi connectivity index (χ3v) is 4.95. The molecule has 0 saturated carbocycles. The first kappa shape index (κ1) is 19.8. The minimum atomic E-state index is 0.000111. The van der Waals surface area contributed by atoms with Crippen LogP contribution in [0.5, 0.6) is 23.0 Å². The summed E-state index contributed by atoms with van der Waals surface area (Å²) in [7, 11) is 3.14. The van der Waals surface area contributed by atoms with Gasteiger partial charge in [-0.05, 0) is 36.9 Å². The summed E-state index contributed by atoms with van der Waals surface area (Å²) in [5.41, 5.74) is 7.13. The molecule has 2 N–H and O–H groups in total. The van der Waals surface area contributed by atoms with Gasteiger partial charge in [-0.2, -0.15) is 0 Å². The van der Waals surface area contributed by atoms with Crippen LogP contribution in [0, 0.1) is 0 Å². The zero-order chi connectivity index (χ0) is 20.1. The molecular formula is C21H27N3O4. The Hall–Kier alpha value is -2.93. The third kappa shape index (κ3) is 4.31. The van der Waals surface area contributed by atoms with Crippen LogP contribution in [0.4, 0.5) is 5.69 Å². The molecular weight excluding hydrogens is 358 g/mol.